The highest BCUT2D eigenvalue weighted by atomic mass is 35.5. The quantitative estimate of drug-likeness (QED) is 0.891. The van der Waals surface area contributed by atoms with Gasteiger partial charge in [0.1, 0.15) is 5.82 Å². The van der Waals surface area contributed by atoms with E-state index in [-0.39, 0.29) is 11.7 Å². The standard InChI is InChI=1S/C17H15ClFNO/c1-11-2-7-15(14(18)10-11)20-16(21)17(8-9-17)12-3-5-13(19)6-4-12/h2-7,10H,8-9H2,1H3,(H,20,21). The maximum Gasteiger partial charge on any atom is 0.235 e. The lowest BCUT2D eigenvalue weighted by Crippen LogP contribution is -2.27. The van der Waals surface area contributed by atoms with E-state index in [0.29, 0.717) is 10.7 Å². The minimum absolute atomic E-state index is 0.0835. The third-order valence-corrected chi connectivity index (χ3v) is 4.27. The summed E-state index contributed by atoms with van der Waals surface area (Å²) >= 11 is 6.15. The number of carbonyl (C=O) groups excluding carboxylic acids is 1. The zero-order chi connectivity index (χ0) is 15.0. The largest absolute Gasteiger partial charge is 0.324 e. The maximum absolute atomic E-state index is 13.0. The molecule has 0 bridgehead atoms. The molecular weight excluding hydrogens is 289 g/mol. The lowest BCUT2D eigenvalue weighted by atomic mass is 9.95. The van der Waals surface area contributed by atoms with Crippen LogP contribution in [0.15, 0.2) is 42.5 Å². The molecule has 0 atom stereocenters. The summed E-state index contributed by atoms with van der Waals surface area (Å²) in [6.45, 7) is 1.94. The number of amides is 1. The van der Waals surface area contributed by atoms with Gasteiger partial charge in [0, 0.05) is 0 Å². The van der Waals surface area contributed by atoms with Crippen molar-refractivity contribution in [2.45, 2.75) is 25.2 Å². The van der Waals surface area contributed by atoms with Crippen molar-refractivity contribution in [1.29, 1.82) is 0 Å². The van der Waals surface area contributed by atoms with E-state index in [0.717, 1.165) is 24.0 Å². The van der Waals surface area contributed by atoms with Gasteiger partial charge in [-0.05, 0) is 55.2 Å². The second-order valence-electron chi connectivity index (χ2n) is 5.53. The van der Waals surface area contributed by atoms with Crippen LogP contribution in [0.5, 0.6) is 0 Å². The number of benzene rings is 2. The van der Waals surface area contributed by atoms with E-state index in [4.69, 9.17) is 11.6 Å². The van der Waals surface area contributed by atoms with E-state index in [9.17, 15) is 9.18 Å². The Kier molecular flexibility index (Phi) is 3.46. The van der Waals surface area contributed by atoms with Gasteiger partial charge in [0.2, 0.25) is 5.91 Å². The van der Waals surface area contributed by atoms with E-state index in [2.05, 4.69) is 5.32 Å². The summed E-state index contributed by atoms with van der Waals surface area (Å²) in [5.41, 5.74) is 1.96. The van der Waals surface area contributed by atoms with E-state index < -0.39 is 5.41 Å². The molecule has 0 aromatic heterocycles. The predicted molar refractivity (Wildman–Crippen MR) is 82.1 cm³/mol. The fraction of sp³-hybridized carbons (Fsp3) is 0.235. The number of rotatable bonds is 3. The van der Waals surface area contributed by atoms with Crippen LogP contribution in [0.2, 0.25) is 5.02 Å². The Labute approximate surface area is 127 Å². The van der Waals surface area contributed by atoms with Gasteiger partial charge in [-0.3, -0.25) is 4.79 Å². The highest BCUT2D eigenvalue weighted by Gasteiger charge is 2.51. The predicted octanol–water partition coefficient (Wildman–Crippen LogP) is 4.46. The number of carbonyl (C=O) groups is 1. The molecule has 2 aromatic carbocycles. The number of nitrogens with one attached hydrogen (secondary N) is 1. The molecule has 2 nitrogen and oxygen atoms in total. The molecule has 0 heterocycles. The molecule has 1 amide bonds. The van der Waals surface area contributed by atoms with Crippen LogP contribution in [0.4, 0.5) is 10.1 Å². The molecule has 21 heavy (non-hydrogen) atoms. The number of hydrogen-bond acceptors (Lipinski definition) is 1. The van der Waals surface area contributed by atoms with Crippen molar-refractivity contribution >= 4 is 23.2 Å². The fourth-order valence-electron chi connectivity index (χ4n) is 2.50. The monoisotopic (exact) mass is 303 g/mol. The summed E-state index contributed by atoms with van der Waals surface area (Å²) in [7, 11) is 0. The Balaban J connectivity index is 1.83. The fourth-order valence-corrected chi connectivity index (χ4v) is 2.79. The minimum Gasteiger partial charge on any atom is -0.324 e. The van der Waals surface area contributed by atoms with Crippen molar-refractivity contribution in [3.05, 3.63) is 64.4 Å². The minimum atomic E-state index is -0.540. The zero-order valence-corrected chi connectivity index (χ0v) is 12.4. The summed E-state index contributed by atoms with van der Waals surface area (Å²) in [5.74, 6) is -0.378. The second kappa shape index (κ2) is 5.15. The molecule has 1 fully saturated rings. The van der Waals surface area contributed by atoms with Crippen molar-refractivity contribution in [2.24, 2.45) is 0 Å². The molecule has 1 aliphatic carbocycles. The Morgan fingerprint density at radius 2 is 1.86 bits per heavy atom. The maximum atomic E-state index is 13.0. The van der Waals surface area contributed by atoms with Crippen LogP contribution < -0.4 is 5.32 Å². The number of halogens is 2. The number of anilines is 1. The molecule has 0 spiro atoms. The van der Waals surface area contributed by atoms with E-state index >= 15 is 0 Å². The van der Waals surface area contributed by atoms with Crippen LogP contribution in [0.1, 0.15) is 24.0 Å². The molecule has 0 aliphatic heterocycles. The topological polar surface area (TPSA) is 29.1 Å². The van der Waals surface area contributed by atoms with Crippen molar-refractivity contribution in [2.75, 3.05) is 5.32 Å². The Morgan fingerprint density at radius 3 is 2.43 bits per heavy atom. The first kappa shape index (κ1) is 14.1. The first-order valence-electron chi connectivity index (χ1n) is 6.85. The second-order valence-corrected chi connectivity index (χ2v) is 5.93. The Bertz CT molecular complexity index is 692. The smallest absolute Gasteiger partial charge is 0.235 e. The van der Waals surface area contributed by atoms with Crippen LogP contribution in [0.3, 0.4) is 0 Å². The summed E-state index contributed by atoms with van der Waals surface area (Å²) < 4.78 is 13.0. The Morgan fingerprint density at radius 1 is 1.19 bits per heavy atom. The van der Waals surface area contributed by atoms with Gasteiger partial charge in [0.05, 0.1) is 16.1 Å². The SMILES string of the molecule is Cc1ccc(NC(=O)C2(c3ccc(F)cc3)CC2)c(Cl)c1. The van der Waals surface area contributed by atoms with E-state index in [1.165, 1.54) is 12.1 Å². The van der Waals surface area contributed by atoms with Gasteiger partial charge in [-0.25, -0.2) is 4.39 Å². The summed E-state index contributed by atoms with van der Waals surface area (Å²) in [6, 6.07) is 11.7. The zero-order valence-electron chi connectivity index (χ0n) is 11.6. The highest BCUT2D eigenvalue weighted by Crippen LogP contribution is 2.49. The molecule has 2 aromatic rings. The molecule has 1 aliphatic rings. The lowest BCUT2D eigenvalue weighted by molar-refractivity contribution is -0.118. The van der Waals surface area contributed by atoms with Gasteiger partial charge in [-0.15, -0.1) is 0 Å². The first-order chi connectivity index (χ1) is 10.0. The molecule has 1 N–H and O–H groups in total. The van der Waals surface area contributed by atoms with Crippen LogP contribution in [-0.2, 0) is 10.2 Å². The van der Waals surface area contributed by atoms with E-state index in [1.54, 1.807) is 18.2 Å². The van der Waals surface area contributed by atoms with Crippen molar-refractivity contribution in [3.63, 3.8) is 0 Å². The number of hydrogen-bond donors (Lipinski definition) is 1. The van der Waals surface area contributed by atoms with Crippen molar-refractivity contribution in [3.8, 4) is 0 Å². The lowest BCUT2D eigenvalue weighted by Gasteiger charge is -2.16. The van der Waals surface area contributed by atoms with Gasteiger partial charge >= 0.3 is 0 Å². The average molecular weight is 304 g/mol. The molecular formula is C17H15ClFNO. The summed E-state index contributed by atoms with van der Waals surface area (Å²) in [4.78, 5) is 12.6. The summed E-state index contributed by atoms with van der Waals surface area (Å²) in [6.07, 6.45) is 1.54. The normalized spacial score (nSPS) is 15.6. The van der Waals surface area contributed by atoms with Crippen LogP contribution in [0, 0.1) is 12.7 Å². The molecule has 4 heteroatoms. The number of aryl methyl sites for hydroxylation is 1. The first-order valence-corrected chi connectivity index (χ1v) is 7.23. The molecule has 108 valence electrons. The highest BCUT2D eigenvalue weighted by molar-refractivity contribution is 6.33. The van der Waals surface area contributed by atoms with Gasteiger partial charge in [0.15, 0.2) is 0 Å². The van der Waals surface area contributed by atoms with Gasteiger partial charge < -0.3 is 5.32 Å². The van der Waals surface area contributed by atoms with Crippen molar-refractivity contribution < 1.29 is 9.18 Å². The Hall–Kier alpha value is -1.87. The van der Waals surface area contributed by atoms with E-state index in [1.807, 2.05) is 19.1 Å². The molecule has 3 rings (SSSR count). The molecule has 0 unspecified atom stereocenters. The van der Waals surface area contributed by atoms with Gasteiger partial charge in [-0.1, -0.05) is 29.8 Å². The van der Waals surface area contributed by atoms with Gasteiger partial charge in [0.25, 0.3) is 0 Å². The molecule has 1 saturated carbocycles. The van der Waals surface area contributed by atoms with Gasteiger partial charge in [-0.2, -0.15) is 0 Å². The van der Waals surface area contributed by atoms with Crippen LogP contribution in [-0.4, -0.2) is 5.91 Å². The molecule has 0 saturated heterocycles. The molecule has 0 radical (unpaired) electrons. The average Bonchev–Trinajstić information content (AvgIpc) is 3.24. The summed E-state index contributed by atoms with van der Waals surface area (Å²) in [5, 5.41) is 3.41. The van der Waals surface area contributed by atoms with Crippen LogP contribution in [0.25, 0.3) is 0 Å². The third kappa shape index (κ3) is 2.66. The van der Waals surface area contributed by atoms with Crippen molar-refractivity contribution in [1.82, 2.24) is 0 Å². The van der Waals surface area contributed by atoms with Crippen LogP contribution >= 0.6 is 11.6 Å². The third-order valence-electron chi connectivity index (χ3n) is 3.95.